The molecule has 2 saturated heterocycles. The highest BCUT2D eigenvalue weighted by atomic mass is 19.1. The van der Waals surface area contributed by atoms with Crippen LogP contribution in [-0.2, 0) is 19.6 Å². The highest BCUT2D eigenvalue weighted by molar-refractivity contribution is 5.76. The number of piperidine rings is 2. The average Bonchev–Trinajstić information content (AvgIpc) is 3.13. The maximum Gasteiger partial charge on any atom is 0.269 e. The van der Waals surface area contributed by atoms with Crippen LogP contribution in [0.4, 0.5) is 4.39 Å². The van der Waals surface area contributed by atoms with Crippen molar-refractivity contribution in [1.29, 1.82) is 0 Å². The fourth-order valence-corrected chi connectivity index (χ4v) is 7.03. The van der Waals surface area contributed by atoms with Gasteiger partial charge in [0.1, 0.15) is 5.82 Å². The first-order chi connectivity index (χ1) is 24.6. The van der Waals surface area contributed by atoms with Gasteiger partial charge in [-0.15, -0.1) is 0 Å². The van der Waals surface area contributed by atoms with E-state index in [-0.39, 0.29) is 16.9 Å². The van der Waals surface area contributed by atoms with E-state index in [1.54, 1.807) is 13.0 Å². The summed E-state index contributed by atoms with van der Waals surface area (Å²) in [6, 6.07) is 18.3. The van der Waals surface area contributed by atoms with E-state index < -0.39 is 0 Å². The quantitative estimate of drug-likeness (QED) is 0.232. The van der Waals surface area contributed by atoms with E-state index in [1.807, 2.05) is 71.5 Å². The Morgan fingerprint density at radius 2 is 1.22 bits per heavy atom. The lowest BCUT2D eigenvalue weighted by molar-refractivity contribution is 0.191. The molecule has 2 aliphatic heterocycles. The minimum Gasteiger partial charge on any atom is -0.328 e. The van der Waals surface area contributed by atoms with E-state index in [0.29, 0.717) is 37.3 Å². The standard InChI is InChI=1S/C24H29FN4O.C16H22N4O/c1-17-3-6-22-23(13-17)29(24(30)16-27-22)12-11-28-9-7-20(8-10-28)26-15-19-5-4-18(2)21(25)14-19;1-12-2-3-14-15(10-12)20(16(21)11-18-14)9-8-19-6-4-13(17)5-7-19/h3-6,13-14,16,20,26H,7-12,15H2,1-2H3;2-3,10-11,13H,4-9,17H2,1H3. The molecule has 0 amide bonds. The fourth-order valence-electron chi connectivity index (χ4n) is 7.03. The number of aryl methyl sites for hydroxylation is 3. The summed E-state index contributed by atoms with van der Waals surface area (Å²) >= 11 is 0. The van der Waals surface area contributed by atoms with Crippen LogP contribution in [0.1, 0.15) is 47.9 Å². The molecule has 0 atom stereocenters. The van der Waals surface area contributed by atoms with Crippen LogP contribution in [0, 0.1) is 26.6 Å². The van der Waals surface area contributed by atoms with Gasteiger partial charge < -0.3 is 30.0 Å². The number of nitrogens with zero attached hydrogens (tertiary/aromatic N) is 6. The van der Waals surface area contributed by atoms with E-state index in [0.717, 1.165) is 104 Å². The molecule has 270 valence electrons. The molecule has 4 heterocycles. The van der Waals surface area contributed by atoms with Crippen molar-refractivity contribution in [2.75, 3.05) is 39.3 Å². The summed E-state index contributed by atoms with van der Waals surface area (Å²) in [6.45, 7) is 13.7. The number of nitrogens with one attached hydrogen (secondary N) is 1. The van der Waals surface area contributed by atoms with E-state index >= 15 is 0 Å². The molecule has 11 heteroatoms. The molecule has 5 aromatic rings. The van der Waals surface area contributed by atoms with Gasteiger partial charge in [-0.05, 0) is 125 Å². The Morgan fingerprint density at radius 3 is 1.73 bits per heavy atom. The number of rotatable bonds is 9. The van der Waals surface area contributed by atoms with Gasteiger partial charge in [-0.25, -0.2) is 14.4 Å². The predicted molar refractivity (Wildman–Crippen MR) is 203 cm³/mol. The molecule has 2 aromatic heterocycles. The van der Waals surface area contributed by atoms with Crippen LogP contribution >= 0.6 is 0 Å². The van der Waals surface area contributed by atoms with Crippen molar-refractivity contribution in [2.24, 2.45) is 5.73 Å². The molecule has 3 aromatic carbocycles. The van der Waals surface area contributed by atoms with Crippen LogP contribution in [0.2, 0.25) is 0 Å². The Hall–Kier alpha value is -4.29. The van der Waals surface area contributed by atoms with Crippen molar-refractivity contribution in [1.82, 2.24) is 34.2 Å². The number of nitrogens with two attached hydrogens (primary N) is 1. The summed E-state index contributed by atoms with van der Waals surface area (Å²) in [5.41, 5.74) is 13.4. The molecular formula is C40H51FN8O2. The smallest absolute Gasteiger partial charge is 0.269 e. The third-order valence-electron chi connectivity index (χ3n) is 10.3. The zero-order valence-electron chi connectivity index (χ0n) is 30.2. The molecule has 10 nitrogen and oxygen atoms in total. The summed E-state index contributed by atoms with van der Waals surface area (Å²) in [4.78, 5) is 37.8. The van der Waals surface area contributed by atoms with Crippen molar-refractivity contribution >= 4 is 22.1 Å². The van der Waals surface area contributed by atoms with Gasteiger partial charge in [0.15, 0.2) is 0 Å². The Kier molecular flexibility index (Phi) is 12.0. The van der Waals surface area contributed by atoms with Crippen LogP contribution in [0.3, 0.4) is 0 Å². The maximum absolute atomic E-state index is 13.7. The SMILES string of the molecule is Cc1ccc2ncc(=O)n(CCN3CCC(N)CC3)c2c1.Cc1ccc2ncc(=O)n(CCN3CCC(NCc4ccc(C)c(F)c4)CC3)c2c1. The minimum absolute atomic E-state index is 0.0261. The lowest BCUT2D eigenvalue weighted by atomic mass is 10.0. The predicted octanol–water partition coefficient (Wildman–Crippen LogP) is 4.53. The summed E-state index contributed by atoms with van der Waals surface area (Å²) < 4.78 is 17.4. The Morgan fingerprint density at radius 1 is 0.706 bits per heavy atom. The third-order valence-corrected chi connectivity index (χ3v) is 10.3. The molecule has 51 heavy (non-hydrogen) atoms. The molecule has 2 aliphatic rings. The van der Waals surface area contributed by atoms with Gasteiger partial charge in [-0.1, -0.05) is 24.3 Å². The monoisotopic (exact) mass is 694 g/mol. The summed E-state index contributed by atoms with van der Waals surface area (Å²) in [5, 5.41) is 3.56. The van der Waals surface area contributed by atoms with Gasteiger partial charge in [0, 0.05) is 44.8 Å². The normalized spacial score (nSPS) is 16.4. The van der Waals surface area contributed by atoms with Crippen LogP contribution < -0.4 is 22.2 Å². The number of likely N-dealkylation sites (tertiary alicyclic amines) is 2. The molecule has 0 radical (unpaired) electrons. The molecule has 3 N–H and O–H groups in total. The summed E-state index contributed by atoms with van der Waals surface area (Å²) in [5.74, 6) is -0.141. The van der Waals surface area contributed by atoms with Gasteiger partial charge in [-0.2, -0.15) is 0 Å². The van der Waals surface area contributed by atoms with Crippen LogP contribution in [0.25, 0.3) is 22.1 Å². The first kappa shape index (κ1) is 36.5. The van der Waals surface area contributed by atoms with Crippen molar-refractivity contribution in [3.63, 3.8) is 0 Å². The van der Waals surface area contributed by atoms with E-state index in [2.05, 4.69) is 25.1 Å². The summed E-state index contributed by atoms with van der Waals surface area (Å²) in [7, 11) is 0. The van der Waals surface area contributed by atoms with Crippen molar-refractivity contribution < 1.29 is 4.39 Å². The van der Waals surface area contributed by atoms with E-state index in [4.69, 9.17) is 5.73 Å². The van der Waals surface area contributed by atoms with Crippen LogP contribution in [0.5, 0.6) is 0 Å². The molecule has 0 bridgehead atoms. The topological polar surface area (TPSA) is 114 Å². The van der Waals surface area contributed by atoms with E-state index in [9.17, 15) is 14.0 Å². The zero-order chi connectivity index (χ0) is 35.9. The Labute approximate surface area is 299 Å². The number of benzene rings is 3. The van der Waals surface area contributed by atoms with Gasteiger partial charge in [0.25, 0.3) is 11.1 Å². The third kappa shape index (κ3) is 9.53. The molecule has 0 spiro atoms. The average molecular weight is 695 g/mol. The minimum atomic E-state index is -0.141. The van der Waals surface area contributed by atoms with Gasteiger partial charge >= 0.3 is 0 Å². The van der Waals surface area contributed by atoms with Crippen molar-refractivity contribution in [3.8, 4) is 0 Å². The number of fused-ring (bicyclic) bond motifs is 2. The second-order valence-corrected chi connectivity index (χ2v) is 14.2. The Balaban J connectivity index is 0.000000187. The number of aromatic nitrogens is 4. The largest absolute Gasteiger partial charge is 0.328 e. The van der Waals surface area contributed by atoms with Crippen molar-refractivity contribution in [3.05, 3.63) is 116 Å². The number of hydrogen-bond donors (Lipinski definition) is 2. The molecule has 0 aliphatic carbocycles. The van der Waals surface area contributed by atoms with Crippen LogP contribution in [-0.4, -0.2) is 80.3 Å². The lowest BCUT2D eigenvalue weighted by Gasteiger charge is -2.32. The van der Waals surface area contributed by atoms with Gasteiger partial charge in [0.05, 0.1) is 34.5 Å². The second kappa shape index (κ2) is 16.8. The molecule has 7 rings (SSSR count). The van der Waals surface area contributed by atoms with Crippen molar-refractivity contribution in [2.45, 2.75) is 78.2 Å². The Bertz CT molecular complexity index is 2060. The first-order valence-corrected chi connectivity index (χ1v) is 18.2. The maximum atomic E-state index is 13.7. The molecule has 0 unspecified atom stereocenters. The summed E-state index contributed by atoms with van der Waals surface area (Å²) in [6.07, 6.45) is 7.04. The molecular weight excluding hydrogens is 643 g/mol. The lowest BCUT2D eigenvalue weighted by Crippen LogP contribution is -2.43. The van der Waals surface area contributed by atoms with Gasteiger partial charge in [-0.3, -0.25) is 9.59 Å². The number of hydrogen-bond acceptors (Lipinski definition) is 8. The zero-order valence-corrected chi connectivity index (χ0v) is 30.2. The number of halogens is 1. The fraction of sp³-hybridized carbons (Fsp3) is 0.450. The van der Waals surface area contributed by atoms with Crippen LogP contribution in [0.15, 0.2) is 76.6 Å². The molecule has 0 saturated carbocycles. The first-order valence-electron chi connectivity index (χ1n) is 18.2. The molecule has 2 fully saturated rings. The van der Waals surface area contributed by atoms with Gasteiger partial charge in [0.2, 0.25) is 0 Å². The van der Waals surface area contributed by atoms with E-state index in [1.165, 1.54) is 12.4 Å². The second-order valence-electron chi connectivity index (χ2n) is 14.2. The highest BCUT2D eigenvalue weighted by Crippen LogP contribution is 2.16. The highest BCUT2D eigenvalue weighted by Gasteiger charge is 2.19.